The van der Waals surface area contributed by atoms with Crippen LogP contribution in [-0.4, -0.2) is 18.6 Å². The molecule has 1 aromatic rings. The van der Waals surface area contributed by atoms with E-state index in [0.29, 0.717) is 6.04 Å². The van der Waals surface area contributed by atoms with Crippen molar-refractivity contribution in [2.75, 3.05) is 6.54 Å². The minimum Gasteiger partial charge on any atom is -0.544 e. The lowest BCUT2D eigenvalue weighted by molar-refractivity contribution is -0.934. The third-order valence-corrected chi connectivity index (χ3v) is 4.48. The fraction of sp³-hybridized carbons (Fsp3) is 0.588. The van der Waals surface area contributed by atoms with Crippen LogP contribution in [-0.2, 0) is 11.3 Å². The van der Waals surface area contributed by atoms with Crippen molar-refractivity contribution in [2.24, 2.45) is 0 Å². The molecule has 1 aliphatic rings. The quantitative estimate of drug-likeness (QED) is 0.810. The Balaban J connectivity index is 2.10. The van der Waals surface area contributed by atoms with Crippen molar-refractivity contribution in [1.82, 2.24) is 0 Å². The number of aliphatic carboxylic acids is 1. The van der Waals surface area contributed by atoms with Gasteiger partial charge in [-0.05, 0) is 38.2 Å². The standard InChI is InChI=1S/C17H25NO2/c1-14-8-6-7-9-15(14)12-18(13-17(19)20)16-10-4-2-3-5-11-16/h6-9,16H,2-5,10-13H2,1H3,(H,19,20). The van der Waals surface area contributed by atoms with Crippen molar-refractivity contribution < 1.29 is 14.8 Å². The molecule has 0 amide bonds. The van der Waals surface area contributed by atoms with E-state index in [1.54, 1.807) is 0 Å². The Bertz CT molecular complexity index is 436. The van der Waals surface area contributed by atoms with Gasteiger partial charge in [0.05, 0.1) is 12.0 Å². The Hall–Kier alpha value is -1.35. The summed E-state index contributed by atoms with van der Waals surface area (Å²) in [7, 11) is 0. The zero-order valence-electron chi connectivity index (χ0n) is 12.4. The molecule has 0 spiro atoms. The lowest BCUT2D eigenvalue weighted by Gasteiger charge is -2.29. The van der Waals surface area contributed by atoms with Gasteiger partial charge in [-0.25, -0.2) is 0 Å². The predicted octanol–water partition coefficient (Wildman–Crippen LogP) is 0.853. The SMILES string of the molecule is Cc1ccccc1C[NH+](CC(=O)[O-])C1CCCCCC1. The molecule has 1 aromatic carbocycles. The van der Waals surface area contributed by atoms with Crippen LogP contribution >= 0.6 is 0 Å². The van der Waals surface area contributed by atoms with Crippen LogP contribution < -0.4 is 10.0 Å². The lowest BCUT2D eigenvalue weighted by Crippen LogP contribution is -3.15. The second-order valence-electron chi connectivity index (χ2n) is 6.00. The number of benzene rings is 1. The van der Waals surface area contributed by atoms with Crippen LogP contribution in [0.25, 0.3) is 0 Å². The maximum absolute atomic E-state index is 11.1. The van der Waals surface area contributed by atoms with Gasteiger partial charge in [0.1, 0.15) is 13.1 Å². The topological polar surface area (TPSA) is 44.6 Å². The van der Waals surface area contributed by atoms with E-state index in [9.17, 15) is 9.90 Å². The maximum atomic E-state index is 11.1. The average Bonchev–Trinajstić information content (AvgIpc) is 2.69. The summed E-state index contributed by atoms with van der Waals surface area (Å²) in [6.45, 7) is 3.02. The van der Waals surface area contributed by atoms with Crippen LogP contribution in [0.2, 0.25) is 0 Å². The van der Waals surface area contributed by atoms with Gasteiger partial charge in [-0.1, -0.05) is 37.1 Å². The van der Waals surface area contributed by atoms with Crippen LogP contribution in [0.1, 0.15) is 49.7 Å². The van der Waals surface area contributed by atoms with Gasteiger partial charge in [-0.15, -0.1) is 0 Å². The molecule has 1 fully saturated rings. The Morgan fingerprint density at radius 3 is 2.45 bits per heavy atom. The van der Waals surface area contributed by atoms with E-state index in [4.69, 9.17) is 0 Å². The van der Waals surface area contributed by atoms with Gasteiger partial charge in [0.25, 0.3) is 0 Å². The molecule has 0 radical (unpaired) electrons. The third-order valence-electron chi connectivity index (χ3n) is 4.48. The van der Waals surface area contributed by atoms with Crippen LogP contribution in [0.15, 0.2) is 24.3 Å². The summed E-state index contributed by atoms with van der Waals surface area (Å²) in [5.41, 5.74) is 2.50. The highest BCUT2D eigenvalue weighted by atomic mass is 16.4. The van der Waals surface area contributed by atoms with Crippen molar-refractivity contribution in [3.63, 3.8) is 0 Å². The summed E-state index contributed by atoms with van der Waals surface area (Å²) in [6, 6.07) is 8.74. The molecule has 1 N–H and O–H groups in total. The summed E-state index contributed by atoms with van der Waals surface area (Å²) in [4.78, 5) is 12.2. The highest BCUT2D eigenvalue weighted by Crippen LogP contribution is 2.16. The smallest absolute Gasteiger partial charge is 0.118 e. The number of aryl methyl sites for hydroxylation is 1. The molecular weight excluding hydrogens is 250 g/mol. The number of carbonyl (C=O) groups is 1. The number of quaternary nitrogens is 1. The molecule has 20 heavy (non-hydrogen) atoms. The zero-order chi connectivity index (χ0) is 14.4. The largest absolute Gasteiger partial charge is 0.544 e. The van der Waals surface area contributed by atoms with Crippen molar-refractivity contribution >= 4 is 5.97 Å². The molecule has 0 saturated heterocycles. The normalized spacial score (nSPS) is 18.4. The molecule has 0 bridgehead atoms. The molecular formula is C17H25NO2. The number of carbonyl (C=O) groups excluding carboxylic acids is 1. The van der Waals surface area contributed by atoms with Gasteiger partial charge in [0.15, 0.2) is 0 Å². The molecule has 110 valence electrons. The second-order valence-corrected chi connectivity index (χ2v) is 6.00. The molecule has 1 atom stereocenters. The summed E-state index contributed by atoms with van der Waals surface area (Å²) in [5, 5.41) is 11.1. The minimum absolute atomic E-state index is 0.124. The van der Waals surface area contributed by atoms with Crippen LogP contribution in [0.5, 0.6) is 0 Å². The molecule has 1 aliphatic carbocycles. The zero-order valence-corrected chi connectivity index (χ0v) is 12.4. The van der Waals surface area contributed by atoms with Gasteiger partial charge in [0, 0.05) is 5.56 Å². The van der Waals surface area contributed by atoms with Crippen LogP contribution in [0, 0.1) is 6.92 Å². The van der Waals surface area contributed by atoms with E-state index in [2.05, 4.69) is 19.1 Å². The summed E-state index contributed by atoms with van der Waals surface area (Å²) in [6.07, 6.45) is 7.34. The molecule has 0 heterocycles. The third kappa shape index (κ3) is 4.34. The monoisotopic (exact) mass is 275 g/mol. The Kier molecular flexibility index (Phi) is 5.60. The fourth-order valence-electron chi connectivity index (χ4n) is 3.28. The van der Waals surface area contributed by atoms with Gasteiger partial charge < -0.3 is 14.8 Å². The molecule has 1 saturated carbocycles. The van der Waals surface area contributed by atoms with Crippen molar-refractivity contribution in [3.05, 3.63) is 35.4 Å². The molecule has 0 aromatic heterocycles. The number of carboxylic acids is 1. The molecule has 3 nitrogen and oxygen atoms in total. The van der Waals surface area contributed by atoms with E-state index < -0.39 is 5.97 Å². The number of hydrogen-bond acceptors (Lipinski definition) is 2. The van der Waals surface area contributed by atoms with E-state index in [-0.39, 0.29) is 6.54 Å². The van der Waals surface area contributed by atoms with Crippen molar-refractivity contribution in [2.45, 2.75) is 58.0 Å². The Morgan fingerprint density at radius 2 is 1.85 bits per heavy atom. The van der Waals surface area contributed by atoms with E-state index in [1.165, 1.54) is 41.7 Å². The first kappa shape index (κ1) is 15.0. The number of carboxylic acid groups (broad SMARTS) is 1. The van der Waals surface area contributed by atoms with E-state index >= 15 is 0 Å². The summed E-state index contributed by atoms with van der Waals surface area (Å²) < 4.78 is 0. The van der Waals surface area contributed by atoms with Crippen LogP contribution in [0.3, 0.4) is 0 Å². The molecule has 1 unspecified atom stereocenters. The van der Waals surface area contributed by atoms with Gasteiger partial charge >= 0.3 is 0 Å². The first-order chi connectivity index (χ1) is 9.66. The maximum Gasteiger partial charge on any atom is 0.118 e. The van der Waals surface area contributed by atoms with Crippen LogP contribution in [0.4, 0.5) is 0 Å². The Labute approximate surface area is 121 Å². The molecule has 2 rings (SSSR count). The highest BCUT2D eigenvalue weighted by Gasteiger charge is 2.24. The number of hydrogen-bond donors (Lipinski definition) is 1. The highest BCUT2D eigenvalue weighted by molar-refractivity contribution is 5.65. The van der Waals surface area contributed by atoms with E-state index in [1.807, 2.05) is 12.1 Å². The molecule has 3 heteroatoms. The van der Waals surface area contributed by atoms with E-state index in [0.717, 1.165) is 19.4 Å². The lowest BCUT2D eigenvalue weighted by atomic mass is 10.0. The van der Waals surface area contributed by atoms with Gasteiger partial charge in [-0.3, -0.25) is 0 Å². The molecule has 0 aliphatic heterocycles. The summed E-state index contributed by atoms with van der Waals surface area (Å²) >= 11 is 0. The predicted molar refractivity (Wildman–Crippen MR) is 77.2 cm³/mol. The Morgan fingerprint density at radius 1 is 1.20 bits per heavy atom. The minimum atomic E-state index is -0.933. The van der Waals surface area contributed by atoms with Gasteiger partial charge in [0.2, 0.25) is 0 Å². The first-order valence-electron chi connectivity index (χ1n) is 7.75. The van der Waals surface area contributed by atoms with Crippen molar-refractivity contribution in [3.8, 4) is 0 Å². The number of rotatable bonds is 5. The average molecular weight is 275 g/mol. The second kappa shape index (κ2) is 7.44. The first-order valence-corrected chi connectivity index (χ1v) is 7.75. The van der Waals surface area contributed by atoms with Crippen molar-refractivity contribution in [1.29, 1.82) is 0 Å². The summed E-state index contributed by atoms with van der Waals surface area (Å²) in [5.74, 6) is -0.933. The fourth-order valence-corrected chi connectivity index (χ4v) is 3.28. The number of nitrogens with one attached hydrogen (secondary N) is 1. The van der Waals surface area contributed by atoms with Gasteiger partial charge in [-0.2, -0.15) is 0 Å².